The van der Waals surface area contributed by atoms with E-state index in [2.05, 4.69) is 20.8 Å². The van der Waals surface area contributed by atoms with E-state index in [-0.39, 0.29) is 12.7 Å². The maximum atomic E-state index is 9.55. The van der Waals surface area contributed by atoms with Crippen LogP contribution in [0.4, 0.5) is 0 Å². The summed E-state index contributed by atoms with van der Waals surface area (Å²) < 4.78 is 12.1. The molecule has 4 heteroatoms. The van der Waals surface area contributed by atoms with Gasteiger partial charge in [-0.2, -0.15) is 0 Å². The maximum absolute atomic E-state index is 9.55. The molecule has 1 aliphatic carbocycles. The first-order valence-electron chi connectivity index (χ1n) is 10.3. The van der Waals surface area contributed by atoms with E-state index >= 15 is 0 Å². The Morgan fingerprint density at radius 3 is 2.29 bits per heavy atom. The summed E-state index contributed by atoms with van der Waals surface area (Å²) in [6, 6.07) is 10.0. The number of nitrogens with two attached hydrogens (primary N) is 1. The van der Waals surface area contributed by atoms with Gasteiger partial charge in [0.1, 0.15) is 0 Å². The molecule has 0 aliphatic heterocycles. The molecule has 0 amide bonds. The maximum Gasteiger partial charge on any atom is 0.168 e. The van der Waals surface area contributed by atoms with Gasteiger partial charge in [0.15, 0.2) is 11.5 Å². The number of aliphatic hydroxyl groups is 1. The lowest BCUT2D eigenvalue weighted by Gasteiger charge is -2.37. The summed E-state index contributed by atoms with van der Waals surface area (Å²) in [5.41, 5.74) is 6.70. The van der Waals surface area contributed by atoms with Crippen molar-refractivity contribution in [2.75, 3.05) is 13.7 Å². The van der Waals surface area contributed by atoms with Crippen molar-refractivity contribution >= 4 is 10.8 Å². The fourth-order valence-electron chi connectivity index (χ4n) is 4.26. The van der Waals surface area contributed by atoms with Crippen LogP contribution in [0, 0.1) is 11.3 Å². The molecular formula is C24H35NO3. The molecule has 154 valence electrons. The third kappa shape index (κ3) is 4.28. The SMILES string of the molecule is COc1c(O[C@H]2CC[C@H](C(C)(C)C)CC2)ccc2cc([C@@](C)(N)CO)ccc12. The average molecular weight is 386 g/mol. The zero-order valence-corrected chi connectivity index (χ0v) is 17.9. The summed E-state index contributed by atoms with van der Waals surface area (Å²) in [6.45, 7) is 8.73. The highest BCUT2D eigenvalue weighted by Gasteiger charge is 2.31. The van der Waals surface area contributed by atoms with Gasteiger partial charge >= 0.3 is 0 Å². The molecule has 0 unspecified atom stereocenters. The minimum absolute atomic E-state index is 0.103. The number of aliphatic hydroxyl groups excluding tert-OH is 1. The Hall–Kier alpha value is -1.78. The molecule has 0 spiro atoms. The van der Waals surface area contributed by atoms with E-state index in [0.29, 0.717) is 5.41 Å². The van der Waals surface area contributed by atoms with Crippen molar-refractivity contribution in [2.24, 2.45) is 17.1 Å². The quantitative estimate of drug-likeness (QED) is 0.760. The van der Waals surface area contributed by atoms with Crippen LogP contribution in [0.1, 0.15) is 58.9 Å². The summed E-state index contributed by atoms with van der Waals surface area (Å²) in [7, 11) is 1.69. The van der Waals surface area contributed by atoms with Gasteiger partial charge in [0, 0.05) is 5.39 Å². The summed E-state index contributed by atoms with van der Waals surface area (Å²) in [5, 5.41) is 11.6. The zero-order chi connectivity index (χ0) is 20.5. The van der Waals surface area contributed by atoms with Gasteiger partial charge in [-0.05, 0) is 67.0 Å². The molecule has 1 aliphatic rings. The van der Waals surface area contributed by atoms with Gasteiger partial charge in [0.2, 0.25) is 0 Å². The first kappa shape index (κ1) is 20.9. The van der Waals surface area contributed by atoms with Crippen molar-refractivity contribution in [3.05, 3.63) is 35.9 Å². The van der Waals surface area contributed by atoms with Crippen LogP contribution < -0.4 is 15.2 Å². The lowest BCUT2D eigenvalue weighted by molar-refractivity contribution is 0.0863. The smallest absolute Gasteiger partial charge is 0.168 e. The minimum atomic E-state index is -0.762. The lowest BCUT2D eigenvalue weighted by atomic mass is 9.72. The van der Waals surface area contributed by atoms with Crippen LogP contribution in [-0.4, -0.2) is 24.9 Å². The summed E-state index contributed by atoms with van der Waals surface area (Å²) in [6.07, 6.45) is 4.84. The van der Waals surface area contributed by atoms with Gasteiger partial charge < -0.3 is 20.3 Å². The van der Waals surface area contributed by atoms with Gasteiger partial charge in [-0.15, -0.1) is 0 Å². The van der Waals surface area contributed by atoms with Crippen molar-refractivity contribution < 1.29 is 14.6 Å². The molecule has 2 aromatic carbocycles. The van der Waals surface area contributed by atoms with Gasteiger partial charge in [-0.25, -0.2) is 0 Å². The van der Waals surface area contributed by atoms with Crippen molar-refractivity contribution in [1.29, 1.82) is 0 Å². The molecule has 0 bridgehead atoms. The van der Waals surface area contributed by atoms with E-state index in [1.807, 2.05) is 37.3 Å². The van der Waals surface area contributed by atoms with Gasteiger partial charge in [-0.3, -0.25) is 0 Å². The number of methoxy groups -OCH3 is 1. The predicted octanol–water partition coefficient (Wildman–Crippen LogP) is 5.00. The summed E-state index contributed by atoms with van der Waals surface area (Å²) in [5.74, 6) is 2.34. The van der Waals surface area contributed by atoms with Crippen molar-refractivity contribution in [1.82, 2.24) is 0 Å². The zero-order valence-electron chi connectivity index (χ0n) is 17.9. The topological polar surface area (TPSA) is 64.7 Å². The Morgan fingerprint density at radius 2 is 1.71 bits per heavy atom. The van der Waals surface area contributed by atoms with Crippen LogP contribution in [0.5, 0.6) is 11.5 Å². The molecule has 0 aromatic heterocycles. The number of hydrogen-bond acceptors (Lipinski definition) is 4. The van der Waals surface area contributed by atoms with Crippen LogP contribution >= 0.6 is 0 Å². The Balaban J connectivity index is 1.82. The third-order valence-corrected chi connectivity index (χ3v) is 6.32. The molecule has 0 saturated heterocycles. The highest BCUT2D eigenvalue weighted by atomic mass is 16.5. The highest BCUT2D eigenvalue weighted by molar-refractivity contribution is 5.91. The molecule has 2 aromatic rings. The van der Waals surface area contributed by atoms with E-state index in [9.17, 15) is 5.11 Å². The van der Waals surface area contributed by atoms with Crippen LogP contribution in [0.25, 0.3) is 10.8 Å². The molecule has 4 nitrogen and oxygen atoms in total. The van der Waals surface area contributed by atoms with E-state index in [1.54, 1.807) is 7.11 Å². The van der Waals surface area contributed by atoms with Gasteiger partial charge in [-0.1, -0.05) is 39.0 Å². The first-order valence-corrected chi connectivity index (χ1v) is 10.3. The Labute approximate surface area is 169 Å². The lowest BCUT2D eigenvalue weighted by Crippen LogP contribution is -2.36. The number of hydrogen-bond donors (Lipinski definition) is 2. The number of ether oxygens (including phenoxy) is 2. The monoisotopic (exact) mass is 385 g/mol. The molecule has 3 rings (SSSR count). The summed E-state index contributed by atoms with van der Waals surface area (Å²) in [4.78, 5) is 0. The number of rotatable bonds is 5. The standard InChI is InChI=1S/C24H35NO3/c1-23(2,3)17-7-10-19(11-8-17)28-21-13-6-16-14-18(24(4,25)15-26)9-12-20(16)22(21)27-5/h6,9,12-14,17,19,26H,7-8,10-11,15,25H2,1-5H3/t17-,19-,24-/m0/s1. The molecule has 3 N–H and O–H groups in total. The Bertz CT molecular complexity index is 814. The largest absolute Gasteiger partial charge is 0.492 e. The molecule has 28 heavy (non-hydrogen) atoms. The third-order valence-electron chi connectivity index (χ3n) is 6.32. The van der Waals surface area contributed by atoms with Crippen LogP contribution in [0.15, 0.2) is 30.3 Å². The molecule has 1 fully saturated rings. The summed E-state index contributed by atoms with van der Waals surface area (Å²) >= 11 is 0. The van der Waals surface area contributed by atoms with Gasteiger partial charge in [0.25, 0.3) is 0 Å². The van der Waals surface area contributed by atoms with Crippen LogP contribution in [0.2, 0.25) is 0 Å². The molecule has 0 heterocycles. The predicted molar refractivity (Wildman–Crippen MR) is 115 cm³/mol. The second kappa shape index (κ2) is 7.92. The molecule has 1 atom stereocenters. The van der Waals surface area contributed by atoms with E-state index < -0.39 is 5.54 Å². The minimum Gasteiger partial charge on any atom is -0.492 e. The average Bonchev–Trinajstić information content (AvgIpc) is 2.67. The Kier molecular flexibility index (Phi) is 5.92. The molecule has 0 radical (unpaired) electrons. The Morgan fingerprint density at radius 1 is 1.04 bits per heavy atom. The van der Waals surface area contributed by atoms with Crippen molar-refractivity contribution in [3.63, 3.8) is 0 Å². The van der Waals surface area contributed by atoms with E-state index in [4.69, 9.17) is 15.2 Å². The van der Waals surface area contributed by atoms with Crippen molar-refractivity contribution in [3.8, 4) is 11.5 Å². The van der Waals surface area contributed by atoms with E-state index in [0.717, 1.165) is 46.6 Å². The molecule has 1 saturated carbocycles. The normalized spacial score (nSPS) is 22.7. The van der Waals surface area contributed by atoms with Gasteiger partial charge in [0.05, 0.1) is 25.4 Å². The second-order valence-electron chi connectivity index (χ2n) is 9.57. The number of benzene rings is 2. The van der Waals surface area contributed by atoms with Crippen LogP contribution in [0.3, 0.4) is 0 Å². The fraction of sp³-hybridized carbons (Fsp3) is 0.583. The number of fused-ring (bicyclic) bond motifs is 1. The van der Waals surface area contributed by atoms with Crippen LogP contribution in [-0.2, 0) is 5.54 Å². The van der Waals surface area contributed by atoms with Crippen molar-refractivity contribution in [2.45, 2.75) is 65.0 Å². The fourth-order valence-corrected chi connectivity index (χ4v) is 4.26. The van der Waals surface area contributed by atoms with E-state index in [1.165, 1.54) is 12.8 Å². The second-order valence-corrected chi connectivity index (χ2v) is 9.57. The first-order chi connectivity index (χ1) is 13.2. The highest BCUT2D eigenvalue weighted by Crippen LogP contribution is 2.41. The molecular weight excluding hydrogens is 350 g/mol.